The highest BCUT2D eigenvalue weighted by molar-refractivity contribution is 6.29. The summed E-state index contributed by atoms with van der Waals surface area (Å²) in [5.74, 6) is 1.27. The number of carbonyl (C=O) groups excluding carboxylic acids is 1. The second-order valence-corrected chi connectivity index (χ2v) is 5.59. The van der Waals surface area contributed by atoms with E-state index in [0.717, 1.165) is 23.5 Å². The molecule has 120 valence electrons. The van der Waals surface area contributed by atoms with Crippen LogP contribution in [0.15, 0.2) is 36.5 Å². The van der Waals surface area contributed by atoms with E-state index in [1.807, 2.05) is 25.1 Å². The van der Waals surface area contributed by atoms with Gasteiger partial charge in [0.25, 0.3) is 5.91 Å². The van der Waals surface area contributed by atoms with Gasteiger partial charge in [-0.15, -0.1) is 0 Å². The molecule has 2 aromatic rings. The Bertz CT molecular complexity index is 703. The van der Waals surface area contributed by atoms with E-state index in [1.54, 1.807) is 12.1 Å². The molecule has 1 aliphatic heterocycles. The Labute approximate surface area is 139 Å². The molecule has 1 atom stereocenters. The average molecular weight is 333 g/mol. The van der Waals surface area contributed by atoms with Crippen LogP contribution in [0.3, 0.4) is 0 Å². The minimum atomic E-state index is -0.184. The van der Waals surface area contributed by atoms with E-state index in [1.165, 1.54) is 6.20 Å². The zero-order chi connectivity index (χ0) is 16.2. The Hall–Kier alpha value is -2.27. The number of benzene rings is 1. The molecule has 1 amide bonds. The van der Waals surface area contributed by atoms with Crippen molar-refractivity contribution >= 4 is 17.5 Å². The Morgan fingerprint density at radius 3 is 2.74 bits per heavy atom. The molecule has 0 radical (unpaired) electrons. The van der Waals surface area contributed by atoms with Crippen molar-refractivity contribution in [3.8, 4) is 11.5 Å². The van der Waals surface area contributed by atoms with Crippen LogP contribution in [0.5, 0.6) is 11.5 Å². The number of rotatable bonds is 4. The largest absolute Gasteiger partial charge is 0.486 e. The van der Waals surface area contributed by atoms with Gasteiger partial charge in [0.05, 0.1) is 11.6 Å². The summed E-state index contributed by atoms with van der Waals surface area (Å²) in [6.45, 7) is 3.11. The summed E-state index contributed by atoms with van der Waals surface area (Å²) in [5.41, 5.74) is 1.46. The highest BCUT2D eigenvalue weighted by Crippen LogP contribution is 2.33. The number of ether oxygens (including phenoxy) is 2. The topological polar surface area (TPSA) is 60.5 Å². The van der Waals surface area contributed by atoms with Crippen LogP contribution >= 0.6 is 11.6 Å². The molecule has 1 unspecified atom stereocenters. The van der Waals surface area contributed by atoms with Crippen molar-refractivity contribution in [1.29, 1.82) is 0 Å². The van der Waals surface area contributed by atoms with Crippen molar-refractivity contribution in [3.63, 3.8) is 0 Å². The molecular weight excluding hydrogens is 316 g/mol. The predicted octanol–water partition coefficient (Wildman–Crippen LogP) is 3.39. The van der Waals surface area contributed by atoms with Gasteiger partial charge < -0.3 is 14.8 Å². The number of aromatic nitrogens is 1. The average Bonchev–Trinajstić information content (AvgIpc) is 2.59. The van der Waals surface area contributed by atoms with E-state index in [9.17, 15) is 4.79 Å². The first kappa shape index (κ1) is 15.6. The number of carbonyl (C=O) groups is 1. The molecule has 0 saturated heterocycles. The second-order valence-electron chi connectivity index (χ2n) is 5.21. The monoisotopic (exact) mass is 332 g/mol. The molecular formula is C17H17ClN2O3. The summed E-state index contributed by atoms with van der Waals surface area (Å²) in [7, 11) is 0. The van der Waals surface area contributed by atoms with Crippen LogP contribution in [-0.4, -0.2) is 24.1 Å². The summed E-state index contributed by atoms with van der Waals surface area (Å²) in [5, 5.41) is 3.37. The van der Waals surface area contributed by atoms with Gasteiger partial charge in [0.2, 0.25) is 0 Å². The highest BCUT2D eigenvalue weighted by Gasteiger charge is 2.18. The number of halogens is 1. The van der Waals surface area contributed by atoms with Gasteiger partial charge in [-0.2, -0.15) is 0 Å². The summed E-state index contributed by atoms with van der Waals surface area (Å²) >= 11 is 5.74. The normalized spacial score (nSPS) is 14.2. The van der Waals surface area contributed by atoms with Gasteiger partial charge in [0.1, 0.15) is 18.4 Å². The van der Waals surface area contributed by atoms with E-state index < -0.39 is 0 Å². The van der Waals surface area contributed by atoms with E-state index in [4.69, 9.17) is 21.1 Å². The maximum Gasteiger partial charge on any atom is 0.253 e. The van der Waals surface area contributed by atoms with E-state index >= 15 is 0 Å². The van der Waals surface area contributed by atoms with E-state index in [0.29, 0.717) is 23.9 Å². The van der Waals surface area contributed by atoms with Crippen molar-refractivity contribution in [1.82, 2.24) is 10.3 Å². The molecule has 6 heteroatoms. The Balaban J connectivity index is 1.77. The first-order valence-corrected chi connectivity index (χ1v) is 7.87. The third-order valence-corrected chi connectivity index (χ3v) is 3.90. The maximum absolute atomic E-state index is 12.3. The van der Waals surface area contributed by atoms with Crippen LogP contribution in [-0.2, 0) is 0 Å². The third-order valence-electron chi connectivity index (χ3n) is 3.67. The number of nitrogens with one attached hydrogen (secondary N) is 1. The first-order chi connectivity index (χ1) is 11.2. The SMILES string of the molecule is CCC(NC(=O)c1ccc(Cl)nc1)c1ccc2c(c1)OCCO2. The van der Waals surface area contributed by atoms with Crippen molar-refractivity contribution in [3.05, 3.63) is 52.8 Å². The molecule has 0 spiro atoms. The fourth-order valence-electron chi connectivity index (χ4n) is 2.45. The molecule has 5 nitrogen and oxygen atoms in total. The molecule has 0 bridgehead atoms. The number of pyridine rings is 1. The summed E-state index contributed by atoms with van der Waals surface area (Å²) in [4.78, 5) is 16.3. The Kier molecular flexibility index (Phi) is 4.67. The second kappa shape index (κ2) is 6.87. The molecule has 1 aromatic carbocycles. The van der Waals surface area contributed by atoms with Crippen molar-refractivity contribution in [2.45, 2.75) is 19.4 Å². The summed E-state index contributed by atoms with van der Waals surface area (Å²) < 4.78 is 11.1. The standard InChI is InChI=1S/C17H17ClN2O3/c1-2-13(20-17(21)12-4-6-16(18)19-10-12)11-3-5-14-15(9-11)23-8-7-22-14/h3-6,9-10,13H,2,7-8H2,1H3,(H,20,21). The van der Waals surface area contributed by atoms with Gasteiger partial charge in [-0.25, -0.2) is 4.98 Å². The number of amides is 1. The lowest BCUT2D eigenvalue weighted by Crippen LogP contribution is -2.28. The zero-order valence-electron chi connectivity index (χ0n) is 12.7. The molecule has 0 aliphatic carbocycles. The van der Waals surface area contributed by atoms with Crippen LogP contribution in [0.25, 0.3) is 0 Å². The van der Waals surface area contributed by atoms with Crippen LogP contribution in [0, 0.1) is 0 Å². The zero-order valence-corrected chi connectivity index (χ0v) is 13.5. The predicted molar refractivity (Wildman–Crippen MR) is 87.2 cm³/mol. The van der Waals surface area contributed by atoms with E-state index in [-0.39, 0.29) is 11.9 Å². The summed E-state index contributed by atoms with van der Waals surface area (Å²) in [6.07, 6.45) is 2.22. The first-order valence-electron chi connectivity index (χ1n) is 7.49. The fraction of sp³-hybridized carbons (Fsp3) is 0.294. The Morgan fingerprint density at radius 1 is 1.26 bits per heavy atom. The van der Waals surface area contributed by atoms with Gasteiger partial charge >= 0.3 is 0 Å². The minimum absolute atomic E-state index is 0.117. The minimum Gasteiger partial charge on any atom is -0.486 e. The van der Waals surface area contributed by atoms with Crippen molar-refractivity contribution < 1.29 is 14.3 Å². The van der Waals surface area contributed by atoms with Gasteiger partial charge in [-0.3, -0.25) is 4.79 Å². The fourth-order valence-corrected chi connectivity index (χ4v) is 2.56. The molecule has 3 rings (SSSR count). The molecule has 1 aliphatic rings. The molecule has 2 heterocycles. The van der Waals surface area contributed by atoms with Crippen LogP contribution in [0.4, 0.5) is 0 Å². The number of hydrogen-bond acceptors (Lipinski definition) is 4. The lowest BCUT2D eigenvalue weighted by atomic mass is 10.0. The highest BCUT2D eigenvalue weighted by atomic mass is 35.5. The summed E-state index contributed by atoms with van der Waals surface area (Å²) in [6, 6.07) is 8.88. The number of nitrogens with zero attached hydrogens (tertiary/aromatic N) is 1. The number of fused-ring (bicyclic) bond motifs is 1. The van der Waals surface area contributed by atoms with Gasteiger partial charge in [-0.05, 0) is 36.2 Å². The molecule has 0 fully saturated rings. The molecule has 1 N–H and O–H groups in total. The van der Waals surface area contributed by atoms with Gasteiger partial charge in [0, 0.05) is 6.20 Å². The van der Waals surface area contributed by atoms with Gasteiger partial charge in [-0.1, -0.05) is 24.6 Å². The Morgan fingerprint density at radius 2 is 2.04 bits per heavy atom. The third kappa shape index (κ3) is 3.56. The lowest BCUT2D eigenvalue weighted by Gasteiger charge is -2.22. The lowest BCUT2D eigenvalue weighted by molar-refractivity contribution is 0.0935. The molecule has 0 saturated carbocycles. The van der Waals surface area contributed by atoms with Crippen molar-refractivity contribution in [2.24, 2.45) is 0 Å². The van der Waals surface area contributed by atoms with E-state index in [2.05, 4.69) is 10.3 Å². The van der Waals surface area contributed by atoms with Crippen LogP contribution in [0.1, 0.15) is 35.3 Å². The maximum atomic E-state index is 12.3. The van der Waals surface area contributed by atoms with Gasteiger partial charge in [0.15, 0.2) is 11.5 Å². The van der Waals surface area contributed by atoms with Crippen LogP contribution < -0.4 is 14.8 Å². The molecule has 1 aromatic heterocycles. The quantitative estimate of drug-likeness (QED) is 0.872. The van der Waals surface area contributed by atoms with Crippen LogP contribution in [0.2, 0.25) is 5.15 Å². The molecule has 23 heavy (non-hydrogen) atoms. The number of hydrogen-bond donors (Lipinski definition) is 1. The smallest absolute Gasteiger partial charge is 0.253 e. The van der Waals surface area contributed by atoms with Crippen molar-refractivity contribution in [2.75, 3.05) is 13.2 Å².